The van der Waals surface area contributed by atoms with Crippen LogP contribution in [-0.2, 0) is 13.0 Å². The van der Waals surface area contributed by atoms with Gasteiger partial charge >= 0.3 is 0 Å². The number of aromatic nitrogens is 2. The third kappa shape index (κ3) is 2.71. The number of hydrogen-bond donors (Lipinski definition) is 1. The number of nitrogens with zero attached hydrogens (tertiary/aromatic N) is 3. The average molecular weight is 292 g/mol. The Hall–Kier alpha value is -0.650. The van der Waals surface area contributed by atoms with Gasteiger partial charge in [0, 0.05) is 43.1 Å². The minimum absolute atomic E-state index is 0.381. The highest BCUT2D eigenvalue weighted by Crippen LogP contribution is 2.29. The molecule has 0 aliphatic carbocycles. The standard InChI is InChI=1S/C15H24N4S/c1-10(2)14-11-8-16-5-4-12(11)17-15(18-14)13-9-20-7-6-19(13)3/h10,13,16H,4-9H2,1-3H3. The lowest BCUT2D eigenvalue weighted by Crippen LogP contribution is -2.35. The molecular weight excluding hydrogens is 268 g/mol. The maximum Gasteiger partial charge on any atom is 0.146 e. The summed E-state index contributed by atoms with van der Waals surface area (Å²) in [4.78, 5) is 12.3. The molecule has 1 fully saturated rings. The van der Waals surface area contributed by atoms with Crippen molar-refractivity contribution in [2.45, 2.75) is 38.8 Å². The lowest BCUT2D eigenvalue weighted by Gasteiger charge is -2.32. The highest BCUT2D eigenvalue weighted by atomic mass is 32.2. The van der Waals surface area contributed by atoms with E-state index in [1.54, 1.807) is 0 Å². The van der Waals surface area contributed by atoms with Gasteiger partial charge in [0.25, 0.3) is 0 Å². The molecule has 1 N–H and O–H groups in total. The predicted octanol–water partition coefficient (Wildman–Crippen LogP) is 1.97. The number of thioether (sulfide) groups is 1. The Labute approximate surface area is 125 Å². The van der Waals surface area contributed by atoms with Gasteiger partial charge in [-0.3, -0.25) is 4.90 Å². The Morgan fingerprint density at radius 1 is 1.35 bits per heavy atom. The fourth-order valence-corrected chi connectivity index (χ4v) is 4.18. The minimum Gasteiger partial charge on any atom is -0.312 e. The summed E-state index contributed by atoms with van der Waals surface area (Å²) in [5.74, 6) is 3.85. The van der Waals surface area contributed by atoms with Crippen LogP contribution in [0.1, 0.15) is 48.6 Å². The molecule has 1 aromatic heterocycles. The van der Waals surface area contributed by atoms with E-state index in [1.807, 2.05) is 11.8 Å². The summed E-state index contributed by atoms with van der Waals surface area (Å²) in [6.45, 7) is 7.57. The molecule has 1 atom stereocenters. The van der Waals surface area contributed by atoms with Gasteiger partial charge in [0.15, 0.2) is 0 Å². The lowest BCUT2D eigenvalue weighted by molar-refractivity contribution is 0.263. The van der Waals surface area contributed by atoms with Crippen molar-refractivity contribution in [3.63, 3.8) is 0 Å². The Balaban J connectivity index is 2.01. The zero-order chi connectivity index (χ0) is 14.1. The van der Waals surface area contributed by atoms with E-state index in [9.17, 15) is 0 Å². The van der Waals surface area contributed by atoms with Crippen LogP contribution in [0.3, 0.4) is 0 Å². The second-order valence-electron chi connectivity index (χ2n) is 6.05. The van der Waals surface area contributed by atoms with Crippen LogP contribution in [0, 0.1) is 0 Å². The van der Waals surface area contributed by atoms with E-state index in [2.05, 4.69) is 31.1 Å². The summed E-state index contributed by atoms with van der Waals surface area (Å²) >= 11 is 2.02. The highest BCUT2D eigenvalue weighted by Gasteiger charge is 2.27. The number of nitrogens with one attached hydrogen (secondary N) is 1. The van der Waals surface area contributed by atoms with Crippen LogP contribution in [0.25, 0.3) is 0 Å². The Morgan fingerprint density at radius 2 is 2.20 bits per heavy atom. The smallest absolute Gasteiger partial charge is 0.146 e. The number of hydrogen-bond acceptors (Lipinski definition) is 5. The van der Waals surface area contributed by atoms with Crippen molar-refractivity contribution in [3.05, 3.63) is 22.8 Å². The van der Waals surface area contributed by atoms with Gasteiger partial charge in [0.2, 0.25) is 0 Å². The number of rotatable bonds is 2. The molecule has 4 nitrogen and oxygen atoms in total. The summed E-state index contributed by atoms with van der Waals surface area (Å²) in [5, 5.41) is 3.45. The molecule has 1 aromatic rings. The summed E-state index contributed by atoms with van der Waals surface area (Å²) in [6, 6.07) is 0.381. The van der Waals surface area contributed by atoms with Crippen molar-refractivity contribution in [1.29, 1.82) is 0 Å². The van der Waals surface area contributed by atoms with Gasteiger partial charge in [-0.05, 0) is 13.0 Å². The fourth-order valence-electron chi connectivity index (χ4n) is 2.97. The SMILES string of the molecule is CC(C)c1nc(C2CSCCN2C)nc2c1CNCC2. The molecule has 5 heteroatoms. The first-order valence-electron chi connectivity index (χ1n) is 7.55. The molecule has 1 saturated heterocycles. The topological polar surface area (TPSA) is 41.1 Å². The molecule has 2 aliphatic heterocycles. The first-order valence-corrected chi connectivity index (χ1v) is 8.70. The molecular formula is C15H24N4S. The van der Waals surface area contributed by atoms with Gasteiger partial charge in [-0.15, -0.1) is 0 Å². The lowest BCUT2D eigenvalue weighted by atomic mass is 9.98. The van der Waals surface area contributed by atoms with Crippen molar-refractivity contribution in [1.82, 2.24) is 20.2 Å². The van der Waals surface area contributed by atoms with Crippen LogP contribution >= 0.6 is 11.8 Å². The molecule has 3 rings (SSSR count). The van der Waals surface area contributed by atoms with E-state index in [1.165, 1.54) is 22.7 Å². The van der Waals surface area contributed by atoms with Crippen LogP contribution in [0.2, 0.25) is 0 Å². The zero-order valence-electron chi connectivity index (χ0n) is 12.6. The van der Waals surface area contributed by atoms with Crippen LogP contribution in [0.5, 0.6) is 0 Å². The molecule has 0 amide bonds. The fraction of sp³-hybridized carbons (Fsp3) is 0.733. The summed E-state index contributed by atoms with van der Waals surface area (Å²) in [7, 11) is 2.20. The molecule has 0 bridgehead atoms. The van der Waals surface area contributed by atoms with Gasteiger partial charge in [-0.25, -0.2) is 9.97 Å². The molecule has 0 spiro atoms. The Morgan fingerprint density at radius 3 is 2.95 bits per heavy atom. The monoisotopic (exact) mass is 292 g/mol. The van der Waals surface area contributed by atoms with Crippen LogP contribution in [0.15, 0.2) is 0 Å². The largest absolute Gasteiger partial charge is 0.312 e. The van der Waals surface area contributed by atoms with Gasteiger partial charge < -0.3 is 5.32 Å². The summed E-state index contributed by atoms with van der Waals surface area (Å²) < 4.78 is 0. The van der Waals surface area contributed by atoms with Crippen molar-refractivity contribution >= 4 is 11.8 Å². The molecule has 0 radical (unpaired) electrons. The van der Waals surface area contributed by atoms with Crippen molar-refractivity contribution in [2.24, 2.45) is 0 Å². The molecule has 0 saturated carbocycles. The quantitative estimate of drug-likeness (QED) is 0.902. The molecule has 0 aromatic carbocycles. The van der Waals surface area contributed by atoms with Crippen molar-refractivity contribution in [2.75, 3.05) is 31.6 Å². The van der Waals surface area contributed by atoms with Crippen LogP contribution in [-0.4, -0.2) is 46.5 Å². The van der Waals surface area contributed by atoms with Crippen molar-refractivity contribution < 1.29 is 0 Å². The Bertz CT molecular complexity index is 489. The van der Waals surface area contributed by atoms with E-state index < -0.39 is 0 Å². The highest BCUT2D eigenvalue weighted by molar-refractivity contribution is 7.99. The molecule has 20 heavy (non-hydrogen) atoms. The van der Waals surface area contributed by atoms with Gasteiger partial charge in [-0.1, -0.05) is 13.8 Å². The third-order valence-corrected chi connectivity index (χ3v) is 5.25. The second kappa shape index (κ2) is 6.00. The molecule has 2 aliphatic rings. The average Bonchev–Trinajstić information content (AvgIpc) is 2.46. The Kier molecular flexibility index (Phi) is 4.29. The zero-order valence-corrected chi connectivity index (χ0v) is 13.5. The van der Waals surface area contributed by atoms with Gasteiger partial charge in [0.1, 0.15) is 5.82 Å². The van der Waals surface area contributed by atoms with E-state index in [4.69, 9.17) is 9.97 Å². The molecule has 110 valence electrons. The molecule has 1 unspecified atom stereocenters. The van der Waals surface area contributed by atoms with E-state index in [-0.39, 0.29) is 0 Å². The van der Waals surface area contributed by atoms with Crippen LogP contribution < -0.4 is 5.32 Å². The van der Waals surface area contributed by atoms with Gasteiger partial charge in [-0.2, -0.15) is 11.8 Å². The molecule has 3 heterocycles. The number of fused-ring (bicyclic) bond motifs is 1. The van der Waals surface area contributed by atoms with E-state index >= 15 is 0 Å². The van der Waals surface area contributed by atoms with Crippen molar-refractivity contribution in [3.8, 4) is 0 Å². The first kappa shape index (κ1) is 14.3. The minimum atomic E-state index is 0.381. The first-order chi connectivity index (χ1) is 9.66. The maximum absolute atomic E-state index is 4.95. The van der Waals surface area contributed by atoms with E-state index in [0.29, 0.717) is 12.0 Å². The van der Waals surface area contributed by atoms with Gasteiger partial charge in [0.05, 0.1) is 17.4 Å². The normalized spacial score (nSPS) is 23.9. The second-order valence-corrected chi connectivity index (χ2v) is 7.19. The summed E-state index contributed by atoms with van der Waals surface area (Å²) in [5.41, 5.74) is 3.88. The maximum atomic E-state index is 4.95. The third-order valence-electron chi connectivity index (χ3n) is 4.22. The van der Waals surface area contributed by atoms with E-state index in [0.717, 1.165) is 37.6 Å². The van der Waals surface area contributed by atoms with Crippen LogP contribution in [0.4, 0.5) is 0 Å². The predicted molar refractivity (Wildman–Crippen MR) is 84.2 cm³/mol. The summed E-state index contributed by atoms with van der Waals surface area (Å²) in [6.07, 6.45) is 1.04.